The van der Waals surface area contributed by atoms with Crippen molar-refractivity contribution in [3.63, 3.8) is 0 Å². The van der Waals surface area contributed by atoms with Crippen molar-refractivity contribution in [2.24, 2.45) is 17.8 Å². The zero-order valence-electron chi connectivity index (χ0n) is 37.7. The molecule has 0 aromatic heterocycles. The lowest BCUT2D eigenvalue weighted by molar-refractivity contribution is -0.161. The Morgan fingerprint density at radius 3 is 1.77 bits per heavy atom. The summed E-state index contributed by atoms with van der Waals surface area (Å²) in [6.45, 7) is 4.40. The Labute approximate surface area is 363 Å². The van der Waals surface area contributed by atoms with Gasteiger partial charge in [0.05, 0.1) is 38.1 Å². The second kappa shape index (κ2) is 36.0. The largest absolute Gasteiger partial charge is 0.472 e. The fourth-order valence-electron chi connectivity index (χ4n) is 7.75. The molecule has 354 valence electrons. The van der Waals surface area contributed by atoms with E-state index in [0.717, 1.165) is 63.7 Å². The average Bonchev–Trinajstić information content (AvgIpc) is 3.48. The monoisotopic (exact) mass is 879 g/mol. The molecule has 0 saturated heterocycles. The van der Waals surface area contributed by atoms with Crippen LogP contribution >= 0.6 is 7.82 Å². The summed E-state index contributed by atoms with van der Waals surface area (Å²) in [5, 5.41) is 49.8. The minimum atomic E-state index is -4.67. The van der Waals surface area contributed by atoms with Crippen molar-refractivity contribution in [3.05, 3.63) is 12.2 Å². The fraction of sp³-hybridized carbons (Fsp3) is 0.913. The van der Waals surface area contributed by atoms with Gasteiger partial charge in [0.2, 0.25) is 0 Å². The molecule has 0 bridgehead atoms. The van der Waals surface area contributed by atoms with E-state index in [-0.39, 0.29) is 31.3 Å². The minimum absolute atomic E-state index is 0.0983. The van der Waals surface area contributed by atoms with E-state index < -0.39 is 70.1 Å². The Morgan fingerprint density at radius 2 is 1.20 bits per heavy atom. The molecule has 0 aromatic carbocycles. The molecule has 1 fully saturated rings. The number of phosphoric acid groups is 1. The van der Waals surface area contributed by atoms with Gasteiger partial charge in [0, 0.05) is 25.2 Å². The Balaban J connectivity index is 2.39. The number of hydrogen-bond donors (Lipinski definition) is 6. The molecule has 0 radical (unpaired) electrons. The number of phosphoric ester groups is 1. The summed E-state index contributed by atoms with van der Waals surface area (Å²) < 4.78 is 32.8. The standard InChI is InChI=1S/C46H87O13P/c1-4-5-20-26-38(48)30-31-42-41(43(50)32-44(42)51)27-22-18-19-23-28-45(52)56-35-40(36-58-60(54,55)57-34-39(49)33-47)59-46(53)29-24-17-15-13-11-9-7-6-8-10-12-14-16-21-25-37(2)3/h30-31,37-44,47-51H,4-29,32-36H2,1-3H3,(H,54,55)/b31-30+/t38-,39-,40+,41+,42+,43-,44+/m0/s1. The number of aliphatic hydroxyl groups is 5. The number of carbonyl (C=O) groups is 2. The molecule has 0 aliphatic heterocycles. The van der Waals surface area contributed by atoms with E-state index in [1.54, 1.807) is 6.08 Å². The number of unbranched alkanes of at least 4 members (excludes halogenated alkanes) is 18. The molecule has 8 atom stereocenters. The maximum Gasteiger partial charge on any atom is 0.472 e. The van der Waals surface area contributed by atoms with Crippen molar-refractivity contribution in [1.29, 1.82) is 0 Å². The van der Waals surface area contributed by atoms with Crippen LogP contribution in [0.3, 0.4) is 0 Å². The number of ether oxygens (including phenoxy) is 2. The summed E-state index contributed by atoms with van der Waals surface area (Å²) in [5.74, 6) is -0.554. The molecule has 1 unspecified atom stereocenters. The van der Waals surface area contributed by atoms with Crippen molar-refractivity contribution in [1.82, 2.24) is 0 Å². The van der Waals surface area contributed by atoms with Crippen LogP contribution in [-0.4, -0.2) is 99.3 Å². The van der Waals surface area contributed by atoms with E-state index >= 15 is 0 Å². The molecular weight excluding hydrogens is 791 g/mol. The van der Waals surface area contributed by atoms with Crippen molar-refractivity contribution in [2.75, 3.05) is 26.4 Å². The minimum Gasteiger partial charge on any atom is -0.462 e. The van der Waals surface area contributed by atoms with E-state index in [0.29, 0.717) is 32.1 Å². The molecule has 1 rings (SSSR count). The Hall–Kier alpha value is -1.41. The third kappa shape index (κ3) is 30.6. The van der Waals surface area contributed by atoms with Gasteiger partial charge in [-0.1, -0.05) is 161 Å². The van der Waals surface area contributed by atoms with E-state index in [1.807, 2.05) is 6.08 Å². The van der Waals surface area contributed by atoms with Crippen LogP contribution in [0.5, 0.6) is 0 Å². The summed E-state index contributed by atoms with van der Waals surface area (Å²) >= 11 is 0. The van der Waals surface area contributed by atoms with Crippen LogP contribution in [-0.2, 0) is 32.7 Å². The Kier molecular flexibility index (Phi) is 34.0. The predicted molar refractivity (Wildman–Crippen MR) is 235 cm³/mol. The Morgan fingerprint density at radius 1 is 0.683 bits per heavy atom. The van der Waals surface area contributed by atoms with E-state index in [4.69, 9.17) is 23.6 Å². The quantitative estimate of drug-likeness (QED) is 0.0147. The lowest BCUT2D eigenvalue weighted by Gasteiger charge is -2.21. The molecule has 0 heterocycles. The Bertz CT molecular complexity index is 1140. The van der Waals surface area contributed by atoms with Crippen LogP contribution in [0.25, 0.3) is 0 Å². The third-order valence-electron chi connectivity index (χ3n) is 11.4. The molecule has 0 spiro atoms. The van der Waals surface area contributed by atoms with Gasteiger partial charge in [0.1, 0.15) is 12.7 Å². The topological polar surface area (TPSA) is 210 Å². The smallest absolute Gasteiger partial charge is 0.462 e. The molecule has 0 amide bonds. The number of hydrogen-bond acceptors (Lipinski definition) is 12. The maximum atomic E-state index is 12.7. The lowest BCUT2D eigenvalue weighted by atomic mass is 9.88. The number of esters is 2. The van der Waals surface area contributed by atoms with Gasteiger partial charge in [-0.2, -0.15) is 0 Å². The van der Waals surface area contributed by atoms with Crippen molar-refractivity contribution in [2.45, 2.75) is 225 Å². The van der Waals surface area contributed by atoms with E-state index in [9.17, 15) is 39.5 Å². The van der Waals surface area contributed by atoms with Crippen LogP contribution in [0, 0.1) is 17.8 Å². The first-order chi connectivity index (χ1) is 28.8. The molecule has 1 aliphatic rings. The van der Waals surface area contributed by atoms with E-state index in [2.05, 4.69) is 20.8 Å². The number of carbonyl (C=O) groups excluding carboxylic acids is 2. The van der Waals surface area contributed by atoms with Crippen LogP contribution in [0.15, 0.2) is 12.2 Å². The first-order valence-electron chi connectivity index (χ1n) is 23.8. The van der Waals surface area contributed by atoms with Crippen LogP contribution in [0.2, 0.25) is 0 Å². The van der Waals surface area contributed by atoms with Gasteiger partial charge in [-0.3, -0.25) is 18.6 Å². The average molecular weight is 879 g/mol. The molecule has 0 aromatic rings. The molecular formula is C46H87O13P. The highest BCUT2D eigenvalue weighted by Gasteiger charge is 2.39. The predicted octanol–water partition coefficient (Wildman–Crippen LogP) is 9.02. The zero-order valence-corrected chi connectivity index (χ0v) is 38.6. The highest BCUT2D eigenvalue weighted by molar-refractivity contribution is 7.47. The van der Waals surface area contributed by atoms with Gasteiger partial charge in [-0.25, -0.2) is 4.57 Å². The first-order valence-corrected chi connectivity index (χ1v) is 25.3. The number of aliphatic hydroxyl groups excluding tert-OH is 5. The maximum absolute atomic E-state index is 12.7. The highest BCUT2D eigenvalue weighted by Crippen LogP contribution is 2.43. The van der Waals surface area contributed by atoms with E-state index in [1.165, 1.54) is 70.6 Å². The molecule has 6 N–H and O–H groups in total. The molecule has 60 heavy (non-hydrogen) atoms. The summed E-state index contributed by atoms with van der Waals surface area (Å²) in [6.07, 6.45) is 25.3. The van der Waals surface area contributed by atoms with Crippen LogP contribution in [0.1, 0.15) is 194 Å². The van der Waals surface area contributed by atoms with Gasteiger partial charge in [-0.15, -0.1) is 0 Å². The van der Waals surface area contributed by atoms with Crippen molar-refractivity contribution in [3.8, 4) is 0 Å². The first kappa shape index (κ1) is 56.6. The molecule has 13 nitrogen and oxygen atoms in total. The second-order valence-electron chi connectivity index (χ2n) is 17.6. The van der Waals surface area contributed by atoms with Gasteiger partial charge < -0.3 is 39.9 Å². The summed E-state index contributed by atoms with van der Waals surface area (Å²) in [6, 6.07) is 0. The normalized spacial score (nSPS) is 20.7. The highest BCUT2D eigenvalue weighted by atomic mass is 31.2. The summed E-state index contributed by atoms with van der Waals surface area (Å²) in [5.41, 5.74) is 0. The fourth-order valence-corrected chi connectivity index (χ4v) is 8.54. The summed E-state index contributed by atoms with van der Waals surface area (Å²) in [4.78, 5) is 35.3. The van der Waals surface area contributed by atoms with Gasteiger partial charge in [0.15, 0.2) is 6.10 Å². The van der Waals surface area contributed by atoms with Gasteiger partial charge in [0.25, 0.3) is 0 Å². The number of rotatable bonds is 40. The van der Waals surface area contributed by atoms with Crippen molar-refractivity contribution >= 4 is 19.8 Å². The second-order valence-corrected chi connectivity index (χ2v) is 19.0. The summed E-state index contributed by atoms with van der Waals surface area (Å²) in [7, 11) is -4.67. The molecule has 1 aliphatic carbocycles. The zero-order chi connectivity index (χ0) is 44.4. The molecule has 14 heteroatoms. The SMILES string of the molecule is CCCCC[C@H](O)/C=C/[C@@H]1[C@@H](CCCCCCC(=O)OC[C@H](COP(=O)(O)OC[C@@H](O)CO)OC(=O)CCCCCCCCCCCCCCCCC(C)C)[C@@H](O)C[C@H]1O. The lowest BCUT2D eigenvalue weighted by Crippen LogP contribution is -2.29. The van der Waals surface area contributed by atoms with Crippen LogP contribution < -0.4 is 0 Å². The van der Waals surface area contributed by atoms with Crippen LogP contribution in [0.4, 0.5) is 0 Å². The van der Waals surface area contributed by atoms with Gasteiger partial charge >= 0.3 is 19.8 Å². The molecule has 1 saturated carbocycles. The van der Waals surface area contributed by atoms with Gasteiger partial charge in [-0.05, 0) is 37.5 Å². The van der Waals surface area contributed by atoms with Crippen molar-refractivity contribution < 1.29 is 63.1 Å². The third-order valence-corrected chi connectivity index (χ3v) is 12.4.